The number of aliphatic hydroxyl groups excluding tert-OH is 2. The van der Waals surface area contributed by atoms with Crippen molar-refractivity contribution in [2.24, 2.45) is 5.73 Å². The number of aromatic amines is 1. The summed E-state index contributed by atoms with van der Waals surface area (Å²) in [5.74, 6) is 0.0769. The number of imidazole rings is 2. The summed E-state index contributed by atoms with van der Waals surface area (Å²) in [7, 11) is -10.4. The van der Waals surface area contributed by atoms with Crippen LogP contribution >= 0.6 is 15.6 Å². The first-order chi connectivity index (χ1) is 21.7. The number of pyridine rings is 1. The highest BCUT2D eigenvalue weighted by Crippen LogP contribution is 2.57. The van der Waals surface area contributed by atoms with Crippen molar-refractivity contribution < 1.29 is 52.4 Å². The highest BCUT2D eigenvalue weighted by atomic mass is 31.3. The zero-order valence-electron chi connectivity index (χ0n) is 23.0. The second-order valence-electron chi connectivity index (χ2n) is 8.93. The van der Waals surface area contributed by atoms with E-state index in [9.17, 15) is 29.0 Å². The molecule has 6 rings (SSSR count). The maximum Gasteiger partial charge on any atom is 0.481 e. The van der Waals surface area contributed by atoms with Gasteiger partial charge in [-0.1, -0.05) is 0 Å². The molecule has 12 N–H and O–H groups in total. The molecule has 6 heterocycles. The van der Waals surface area contributed by atoms with E-state index in [1.165, 1.54) is 29.7 Å². The van der Waals surface area contributed by atoms with E-state index in [0.717, 1.165) is 6.33 Å². The molecule has 0 bridgehead atoms. The number of hydrogen-bond acceptors (Lipinski definition) is 17. The smallest absolute Gasteiger partial charge is 0.387 e. The van der Waals surface area contributed by atoms with Gasteiger partial charge in [0.25, 0.3) is 0 Å². The van der Waals surface area contributed by atoms with E-state index in [1.54, 1.807) is 18.3 Å². The Kier molecular flexibility index (Phi) is 10.6. The Hall–Kier alpha value is -4.54. The van der Waals surface area contributed by atoms with Crippen molar-refractivity contribution in [2.45, 2.75) is 24.5 Å². The van der Waals surface area contributed by atoms with Crippen LogP contribution in [0.2, 0.25) is 0 Å². The van der Waals surface area contributed by atoms with Crippen molar-refractivity contribution in [2.75, 3.05) is 18.1 Å². The average Bonchev–Trinajstić information content (AvgIpc) is 3.71. The number of fused-ring (bicyclic) bond motifs is 2. The number of nitrogens with two attached hydrogens (primary N) is 3. The highest BCUT2D eigenvalue weighted by Gasteiger charge is 2.46. The number of nitrogens with zero attached hydrogens (tertiary/aromatic N) is 8. The van der Waals surface area contributed by atoms with Crippen LogP contribution in [0.1, 0.15) is 16.6 Å². The van der Waals surface area contributed by atoms with Gasteiger partial charge in [0, 0.05) is 12.4 Å². The lowest BCUT2D eigenvalue weighted by Gasteiger charge is -2.17. The standard InChI is InChI=1S/C10H15N5O10P2.C6H6N2O.C5H5N5/c11-8-5-9(13-2-12-8)15(3-14-5)10-7(17)6(16)4(24-10)1-23-27(21,22)25-26(18,19)20;7-6(9)5-2-1-3-8-4-5;6-4-3-5(9-1-7-3)10-2-8-4/h2-4,6-7,10,16-17H,1H2,(H,21,22)(H2,11,12,13)(H2,18,19,20);1-4H,(H2,7,9);1-2H,(H3,6,7,8,9,10)/t4-,6-,7-,10-;;/m1../s1. The number of primary amides is 1. The maximum absolute atomic E-state index is 11.5. The normalized spacial score (nSPS) is 20.7. The molecule has 25 heteroatoms. The number of carbonyl (C=O) groups is 1. The summed E-state index contributed by atoms with van der Waals surface area (Å²) >= 11 is 0. The van der Waals surface area contributed by atoms with Gasteiger partial charge in [-0.05, 0) is 12.1 Å². The summed E-state index contributed by atoms with van der Waals surface area (Å²) < 4.78 is 36.8. The number of ether oxygens (including phenoxy) is 1. The minimum atomic E-state index is -5.29. The first-order valence-electron chi connectivity index (χ1n) is 12.4. The molecular formula is C21H26N12O11P2. The van der Waals surface area contributed by atoms with Gasteiger partial charge in [0.2, 0.25) is 5.91 Å². The van der Waals surface area contributed by atoms with E-state index in [1.807, 2.05) is 0 Å². The number of carbonyl (C=O) groups excluding carboxylic acids is 1. The van der Waals surface area contributed by atoms with Gasteiger partial charge in [-0.3, -0.25) is 18.9 Å². The number of aromatic nitrogens is 9. The fourth-order valence-electron chi connectivity index (χ4n) is 3.77. The zero-order valence-corrected chi connectivity index (χ0v) is 24.8. The Morgan fingerprint density at radius 1 is 1.02 bits per heavy atom. The van der Waals surface area contributed by atoms with E-state index in [4.69, 9.17) is 31.7 Å². The third kappa shape index (κ3) is 8.58. The second kappa shape index (κ2) is 14.3. The fourth-order valence-corrected chi connectivity index (χ4v) is 5.37. The van der Waals surface area contributed by atoms with Crippen LogP contribution < -0.4 is 17.2 Å². The lowest BCUT2D eigenvalue weighted by molar-refractivity contribution is -0.0503. The summed E-state index contributed by atoms with van der Waals surface area (Å²) in [5, 5.41) is 20.3. The topological polar surface area (TPSA) is 369 Å². The van der Waals surface area contributed by atoms with Crippen molar-refractivity contribution in [3.63, 3.8) is 0 Å². The summed E-state index contributed by atoms with van der Waals surface area (Å²) in [5.41, 5.74) is 18.3. The molecule has 5 aromatic rings. The average molecular weight is 684 g/mol. The van der Waals surface area contributed by atoms with E-state index >= 15 is 0 Å². The van der Waals surface area contributed by atoms with E-state index < -0.39 is 52.7 Å². The third-order valence-corrected chi connectivity index (χ3v) is 7.96. The number of nitrogen functional groups attached to an aromatic ring is 2. The lowest BCUT2D eigenvalue weighted by Crippen LogP contribution is -2.33. The SMILES string of the molecule is NC(=O)c1cccnc1.Nc1ncnc2c1ncn2[C@@H]1O[C@H](COP(=O)(O)OP(=O)(O)O)[C@@H](O)[C@H]1O.Nc1ncnc2nc[nH]c12. The quantitative estimate of drug-likeness (QED) is 0.0868. The van der Waals surface area contributed by atoms with Crippen LogP contribution in [-0.2, 0) is 22.7 Å². The van der Waals surface area contributed by atoms with Crippen LogP contribution in [0.5, 0.6) is 0 Å². The van der Waals surface area contributed by atoms with Crippen molar-refractivity contribution in [1.82, 2.24) is 44.4 Å². The zero-order chi connectivity index (χ0) is 33.6. The van der Waals surface area contributed by atoms with Crippen LogP contribution in [0, 0.1) is 0 Å². The molecule has 0 aliphatic carbocycles. The predicted octanol–water partition coefficient (Wildman–Crippen LogP) is -1.63. The number of phosphoric ester groups is 1. The minimum absolute atomic E-state index is 0.0856. The molecule has 46 heavy (non-hydrogen) atoms. The van der Waals surface area contributed by atoms with Crippen molar-refractivity contribution in [1.29, 1.82) is 0 Å². The molecule has 0 aromatic carbocycles. The molecule has 0 spiro atoms. The first-order valence-corrected chi connectivity index (χ1v) is 15.5. The van der Waals surface area contributed by atoms with E-state index in [2.05, 4.69) is 48.7 Å². The number of anilines is 2. The molecule has 1 aliphatic heterocycles. The number of amides is 1. The second-order valence-corrected chi connectivity index (χ2v) is 11.8. The highest BCUT2D eigenvalue weighted by molar-refractivity contribution is 7.60. The van der Waals surface area contributed by atoms with Gasteiger partial charge >= 0.3 is 15.6 Å². The molecule has 23 nitrogen and oxygen atoms in total. The summed E-state index contributed by atoms with van der Waals surface area (Å²) in [4.78, 5) is 66.5. The maximum atomic E-state index is 11.5. The van der Waals surface area contributed by atoms with Crippen LogP contribution in [-0.4, -0.2) is 100 Å². The van der Waals surface area contributed by atoms with E-state index in [0.29, 0.717) is 22.5 Å². The third-order valence-electron chi connectivity index (χ3n) is 5.81. The number of hydrogen-bond donors (Lipinski definition) is 9. The Bertz CT molecular complexity index is 1890. The summed E-state index contributed by atoms with van der Waals surface area (Å²) in [6.07, 6.45) is 2.75. The number of nitrogens with one attached hydrogen (secondary N) is 1. The fraction of sp³-hybridized carbons (Fsp3) is 0.238. The number of rotatable bonds is 7. The monoisotopic (exact) mass is 684 g/mol. The lowest BCUT2D eigenvalue weighted by atomic mass is 10.1. The molecule has 1 unspecified atom stereocenters. The molecule has 1 saturated heterocycles. The molecule has 1 aliphatic rings. The van der Waals surface area contributed by atoms with Crippen molar-refractivity contribution in [3.8, 4) is 0 Å². The summed E-state index contributed by atoms with van der Waals surface area (Å²) in [6, 6.07) is 3.29. The van der Waals surface area contributed by atoms with E-state index in [-0.39, 0.29) is 17.0 Å². The number of H-pyrrole nitrogens is 1. The minimum Gasteiger partial charge on any atom is -0.387 e. The largest absolute Gasteiger partial charge is 0.481 e. The Balaban J connectivity index is 0.000000203. The van der Waals surface area contributed by atoms with Gasteiger partial charge in [-0.15, -0.1) is 0 Å². The Labute approximate surface area is 256 Å². The van der Waals surface area contributed by atoms with Crippen LogP contribution in [0.3, 0.4) is 0 Å². The van der Waals surface area contributed by atoms with Gasteiger partial charge in [0.1, 0.15) is 42.0 Å². The van der Waals surface area contributed by atoms with Crippen molar-refractivity contribution >= 4 is 55.5 Å². The first kappa shape index (κ1) is 34.3. The number of phosphoric acid groups is 2. The molecule has 1 amide bonds. The predicted molar refractivity (Wildman–Crippen MR) is 153 cm³/mol. The Morgan fingerprint density at radius 3 is 2.37 bits per heavy atom. The van der Waals surface area contributed by atoms with Crippen molar-refractivity contribution in [3.05, 3.63) is 55.4 Å². The number of aliphatic hydroxyl groups is 2. The van der Waals surface area contributed by atoms with Gasteiger partial charge in [0.05, 0.1) is 24.8 Å². The molecule has 5 aromatic heterocycles. The van der Waals surface area contributed by atoms with Gasteiger partial charge in [-0.2, -0.15) is 4.31 Å². The van der Waals surface area contributed by atoms with Gasteiger partial charge < -0.3 is 51.8 Å². The van der Waals surface area contributed by atoms with Crippen LogP contribution in [0.4, 0.5) is 11.6 Å². The van der Waals surface area contributed by atoms with Crippen LogP contribution in [0.25, 0.3) is 22.3 Å². The van der Waals surface area contributed by atoms with Gasteiger partial charge in [-0.25, -0.2) is 39.0 Å². The van der Waals surface area contributed by atoms with Crippen LogP contribution in [0.15, 0.2) is 49.8 Å². The molecule has 5 atom stereocenters. The molecule has 0 saturated carbocycles. The molecule has 1 fully saturated rings. The molecule has 0 radical (unpaired) electrons. The summed E-state index contributed by atoms with van der Waals surface area (Å²) in [6.45, 7) is -0.813. The van der Waals surface area contributed by atoms with Gasteiger partial charge in [0.15, 0.2) is 29.2 Å². The Morgan fingerprint density at radius 2 is 1.74 bits per heavy atom. The molecule has 246 valence electrons. The molecular weight excluding hydrogens is 658 g/mol.